The second kappa shape index (κ2) is 4.91. The van der Waals surface area contributed by atoms with Gasteiger partial charge in [0.1, 0.15) is 5.75 Å². The first kappa shape index (κ1) is 12.2. The van der Waals surface area contributed by atoms with E-state index in [1.165, 1.54) is 6.20 Å². The fourth-order valence-electron chi connectivity index (χ4n) is 1.77. The number of carbonyl (C=O) groups is 1. The number of carbonyl (C=O) groups excluding carboxylic acids is 1. The summed E-state index contributed by atoms with van der Waals surface area (Å²) in [5.74, 6) is 0.109. The van der Waals surface area contributed by atoms with Crippen molar-refractivity contribution in [2.45, 2.75) is 13.5 Å². The van der Waals surface area contributed by atoms with Crippen LogP contribution in [0.2, 0.25) is 0 Å². The Kier molecular flexibility index (Phi) is 3.32. The Morgan fingerprint density at radius 3 is 2.89 bits per heavy atom. The van der Waals surface area contributed by atoms with Crippen LogP contribution < -0.4 is 0 Å². The number of aryl methyl sites for hydroxylation is 1. The average Bonchev–Trinajstić information content (AvgIpc) is 2.74. The number of aromatic hydroxyl groups is 1. The summed E-state index contributed by atoms with van der Waals surface area (Å²) in [7, 11) is 1.72. The molecule has 1 heterocycles. The van der Waals surface area contributed by atoms with Crippen molar-refractivity contribution in [1.29, 1.82) is 0 Å². The molecule has 1 aromatic heterocycles. The molecule has 1 amide bonds. The van der Waals surface area contributed by atoms with Gasteiger partial charge in [-0.15, -0.1) is 0 Å². The molecule has 0 atom stereocenters. The third-order valence-corrected chi connectivity index (χ3v) is 2.74. The molecule has 0 saturated carbocycles. The summed E-state index contributed by atoms with van der Waals surface area (Å²) in [4.78, 5) is 13.7. The number of phenolic OH excluding ortho intramolecular Hbond substituents is 1. The van der Waals surface area contributed by atoms with Crippen molar-refractivity contribution < 1.29 is 9.90 Å². The van der Waals surface area contributed by atoms with Gasteiger partial charge in [-0.2, -0.15) is 5.10 Å². The monoisotopic (exact) mass is 245 g/mol. The largest absolute Gasteiger partial charge is 0.508 e. The molecule has 0 fully saturated rings. The summed E-state index contributed by atoms with van der Waals surface area (Å²) in [6.45, 7) is 2.25. The molecular weight excluding hydrogens is 230 g/mol. The molecule has 18 heavy (non-hydrogen) atoms. The van der Waals surface area contributed by atoms with Crippen LogP contribution in [0.1, 0.15) is 21.6 Å². The van der Waals surface area contributed by atoms with E-state index in [4.69, 9.17) is 0 Å². The van der Waals surface area contributed by atoms with E-state index in [0.29, 0.717) is 12.1 Å². The smallest absolute Gasteiger partial charge is 0.257 e. The molecule has 5 nitrogen and oxygen atoms in total. The number of rotatable bonds is 3. The molecule has 0 unspecified atom stereocenters. The number of hydrogen-bond acceptors (Lipinski definition) is 3. The lowest BCUT2D eigenvalue weighted by molar-refractivity contribution is 0.0784. The molecule has 0 aliphatic heterocycles. The third-order valence-electron chi connectivity index (χ3n) is 2.74. The van der Waals surface area contributed by atoms with Crippen LogP contribution in [0.4, 0.5) is 0 Å². The lowest BCUT2D eigenvalue weighted by Crippen LogP contribution is -2.26. The van der Waals surface area contributed by atoms with Gasteiger partial charge in [-0.1, -0.05) is 12.1 Å². The molecule has 0 spiro atoms. The fourth-order valence-corrected chi connectivity index (χ4v) is 1.77. The van der Waals surface area contributed by atoms with Crippen LogP contribution in [-0.2, 0) is 6.54 Å². The lowest BCUT2D eigenvalue weighted by atomic mass is 10.2. The van der Waals surface area contributed by atoms with Gasteiger partial charge >= 0.3 is 0 Å². The second-order valence-electron chi connectivity index (χ2n) is 4.24. The first-order valence-corrected chi connectivity index (χ1v) is 5.61. The summed E-state index contributed by atoms with van der Waals surface area (Å²) < 4.78 is 0. The standard InChI is InChI=1S/C13H15N3O2/c1-9-12(7-14-15-9)13(18)16(2)8-10-4-3-5-11(17)6-10/h3-7,17H,8H2,1-2H3,(H,14,15). The Morgan fingerprint density at radius 1 is 1.50 bits per heavy atom. The second-order valence-corrected chi connectivity index (χ2v) is 4.24. The van der Waals surface area contributed by atoms with E-state index in [9.17, 15) is 9.90 Å². The van der Waals surface area contributed by atoms with Crippen LogP contribution in [-0.4, -0.2) is 33.2 Å². The van der Waals surface area contributed by atoms with Gasteiger partial charge in [0.15, 0.2) is 0 Å². The predicted molar refractivity (Wildman–Crippen MR) is 67.2 cm³/mol. The van der Waals surface area contributed by atoms with E-state index in [1.807, 2.05) is 13.0 Å². The Bertz CT molecular complexity index is 563. The zero-order valence-corrected chi connectivity index (χ0v) is 10.3. The van der Waals surface area contributed by atoms with Crippen LogP contribution >= 0.6 is 0 Å². The number of nitrogens with zero attached hydrogens (tertiary/aromatic N) is 2. The number of nitrogens with one attached hydrogen (secondary N) is 1. The maximum atomic E-state index is 12.1. The van der Waals surface area contributed by atoms with Crippen LogP contribution in [0.15, 0.2) is 30.5 Å². The molecule has 0 bridgehead atoms. The van der Waals surface area contributed by atoms with Gasteiger partial charge in [0, 0.05) is 19.3 Å². The van der Waals surface area contributed by atoms with Gasteiger partial charge in [0.25, 0.3) is 5.91 Å². The Morgan fingerprint density at radius 2 is 2.28 bits per heavy atom. The molecule has 2 aromatic rings. The minimum absolute atomic E-state index is 0.0930. The van der Waals surface area contributed by atoms with E-state index >= 15 is 0 Å². The van der Waals surface area contributed by atoms with E-state index in [-0.39, 0.29) is 11.7 Å². The molecule has 2 rings (SSSR count). The highest BCUT2D eigenvalue weighted by Crippen LogP contribution is 2.14. The summed E-state index contributed by atoms with van der Waals surface area (Å²) in [6, 6.07) is 6.87. The summed E-state index contributed by atoms with van der Waals surface area (Å²) in [6.07, 6.45) is 1.52. The highest BCUT2D eigenvalue weighted by molar-refractivity contribution is 5.94. The van der Waals surface area contributed by atoms with Crippen molar-refractivity contribution in [2.24, 2.45) is 0 Å². The predicted octanol–water partition coefficient (Wildman–Crippen LogP) is 1.70. The van der Waals surface area contributed by atoms with Gasteiger partial charge in [0.2, 0.25) is 0 Å². The zero-order chi connectivity index (χ0) is 13.1. The van der Waals surface area contributed by atoms with Crippen molar-refractivity contribution in [3.05, 3.63) is 47.3 Å². The first-order chi connectivity index (χ1) is 8.58. The van der Waals surface area contributed by atoms with E-state index in [1.54, 1.807) is 30.1 Å². The molecule has 0 aliphatic rings. The summed E-state index contributed by atoms with van der Waals surface area (Å²) >= 11 is 0. The highest BCUT2D eigenvalue weighted by atomic mass is 16.3. The molecule has 2 N–H and O–H groups in total. The minimum atomic E-state index is -0.0930. The molecule has 0 aliphatic carbocycles. The van der Waals surface area contributed by atoms with Crippen molar-refractivity contribution in [1.82, 2.24) is 15.1 Å². The number of benzene rings is 1. The van der Waals surface area contributed by atoms with E-state index in [2.05, 4.69) is 10.2 Å². The maximum absolute atomic E-state index is 12.1. The first-order valence-electron chi connectivity index (χ1n) is 5.61. The number of amides is 1. The fraction of sp³-hybridized carbons (Fsp3) is 0.231. The molecular formula is C13H15N3O2. The Labute approximate surface area is 105 Å². The topological polar surface area (TPSA) is 69.2 Å². The van der Waals surface area contributed by atoms with Gasteiger partial charge in [-0.05, 0) is 24.6 Å². The van der Waals surface area contributed by atoms with Crippen molar-refractivity contribution in [3.63, 3.8) is 0 Å². The van der Waals surface area contributed by atoms with Crippen LogP contribution in [0, 0.1) is 6.92 Å². The Hall–Kier alpha value is -2.30. The lowest BCUT2D eigenvalue weighted by Gasteiger charge is -2.17. The molecule has 0 radical (unpaired) electrons. The number of hydrogen-bond donors (Lipinski definition) is 2. The number of H-pyrrole nitrogens is 1. The van der Waals surface area contributed by atoms with Crippen molar-refractivity contribution >= 4 is 5.91 Å². The number of aromatic amines is 1. The molecule has 5 heteroatoms. The van der Waals surface area contributed by atoms with Gasteiger partial charge < -0.3 is 10.0 Å². The Balaban J connectivity index is 2.11. The summed E-state index contributed by atoms with van der Waals surface area (Å²) in [5.41, 5.74) is 2.20. The van der Waals surface area contributed by atoms with E-state index in [0.717, 1.165) is 11.3 Å². The van der Waals surface area contributed by atoms with Crippen molar-refractivity contribution in [3.8, 4) is 5.75 Å². The zero-order valence-electron chi connectivity index (χ0n) is 10.3. The van der Waals surface area contributed by atoms with Crippen LogP contribution in [0.25, 0.3) is 0 Å². The van der Waals surface area contributed by atoms with Crippen molar-refractivity contribution in [2.75, 3.05) is 7.05 Å². The third kappa shape index (κ3) is 2.51. The number of phenols is 1. The summed E-state index contributed by atoms with van der Waals surface area (Å²) in [5, 5.41) is 15.9. The average molecular weight is 245 g/mol. The maximum Gasteiger partial charge on any atom is 0.257 e. The quantitative estimate of drug-likeness (QED) is 0.864. The number of aromatic nitrogens is 2. The highest BCUT2D eigenvalue weighted by Gasteiger charge is 2.15. The van der Waals surface area contributed by atoms with Crippen LogP contribution in [0.5, 0.6) is 5.75 Å². The minimum Gasteiger partial charge on any atom is -0.508 e. The SMILES string of the molecule is Cc1[nH]ncc1C(=O)N(C)Cc1cccc(O)c1. The van der Waals surface area contributed by atoms with Gasteiger partial charge in [-0.25, -0.2) is 0 Å². The van der Waals surface area contributed by atoms with E-state index < -0.39 is 0 Å². The molecule has 94 valence electrons. The molecule has 0 saturated heterocycles. The van der Waals surface area contributed by atoms with Crippen LogP contribution in [0.3, 0.4) is 0 Å². The normalized spacial score (nSPS) is 10.3. The van der Waals surface area contributed by atoms with Gasteiger partial charge in [-0.3, -0.25) is 9.89 Å². The molecule has 1 aromatic carbocycles. The van der Waals surface area contributed by atoms with Gasteiger partial charge in [0.05, 0.1) is 11.8 Å².